The molecule has 0 radical (unpaired) electrons. The SMILES string of the molecule is C/C=C/c1[nH]c(C=O)c(C(=O)OCc2ccccc2)c1CC. The van der Waals surface area contributed by atoms with E-state index in [0.717, 1.165) is 16.8 Å². The fourth-order valence-electron chi connectivity index (χ4n) is 2.37. The van der Waals surface area contributed by atoms with Crippen LogP contribution in [0.3, 0.4) is 0 Å². The van der Waals surface area contributed by atoms with E-state index in [0.29, 0.717) is 18.3 Å². The van der Waals surface area contributed by atoms with Crippen molar-refractivity contribution in [3.63, 3.8) is 0 Å². The van der Waals surface area contributed by atoms with Crippen LogP contribution in [0.1, 0.15) is 51.5 Å². The Labute approximate surface area is 129 Å². The van der Waals surface area contributed by atoms with Crippen molar-refractivity contribution in [1.82, 2.24) is 4.98 Å². The molecule has 1 heterocycles. The van der Waals surface area contributed by atoms with Gasteiger partial charge < -0.3 is 9.72 Å². The van der Waals surface area contributed by atoms with E-state index in [1.165, 1.54) is 0 Å². The second-order valence-corrected chi connectivity index (χ2v) is 4.84. The Morgan fingerprint density at radius 3 is 2.55 bits per heavy atom. The van der Waals surface area contributed by atoms with Crippen LogP contribution >= 0.6 is 0 Å². The highest BCUT2D eigenvalue weighted by molar-refractivity contribution is 6.00. The number of aromatic amines is 1. The quantitative estimate of drug-likeness (QED) is 0.652. The minimum Gasteiger partial charge on any atom is -0.457 e. The highest BCUT2D eigenvalue weighted by Crippen LogP contribution is 2.22. The predicted molar refractivity (Wildman–Crippen MR) is 85.8 cm³/mol. The van der Waals surface area contributed by atoms with Crippen molar-refractivity contribution in [3.8, 4) is 0 Å². The number of allylic oxidation sites excluding steroid dienone is 1. The van der Waals surface area contributed by atoms with Crippen LogP contribution < -0.4 is 0 Å². The Morgan fingerprint density at radius 2 is 1.95 bits per heavy atom. The van der Waals surface area contributed by atoms with E-state index < -0.39 is 5.97 Å². The van der Waals surface area contributed by atoms with Gasteiger partial charge >= 0.3 is 5.97 Å². The molecule has 1 aromatic carbocycles. The number of benzene rings is 1. The van der Waals surface area contributed by atoms with Crippen LogP contribution in [0, 0.1) is 0 Å². The van der Waals surface area contributed by atoms with Crippen LogP contribution in [-0.4, -0.2) is 17.2 Å². The molecule has 0 saturated heterocycles. The van der Waals surface area contributed by atoms with Gasteiger partial charge in [0.25, 0.3) is 0 Å². The first-order valence-corrected chi connectivity index (χ1v) is 7.25. The highest BCUT2D eigenvalue weighted by Gasteiger charge is 2.22. The van der Waals surface area contributed by atoms with Gasteiger partial charge in [-0.05, 0) is 30.5 Å². The van der Waals surface area contributed by atoms with Crippen LogP contribution in [0.2, 0.25) is 0 Å². The van der Waals surface area contributed by atoms with Crippen LogP contribution in [0.25, 0.3) is 6.08 Å². The van der Waals surface area contributed by atoms with Gasteiger partial charge in [0.1, 0.15) is 6.61 Å². The highest BCUT2D eigenvalue weighted by atomic mass is 16.5. The molecule has 0 aliphatic carbocycles. The number of hydrogen-bond donors (Lipinski definition) is 1. The molecule has 4 nitrogen and oxygen atoms in total. The Morgan fingerprint density at radius 1 is 1.23 bits per heavy atom. The van der Waals surface area contributed by atoms with Crippen molar-refractivity contribution in [3.05, 3.63) is 64.5 Å². The van der Waals surface area contributed by atoms with Crippen LogP contribution in [0.4, 0.5) is 0 Å². The molecular weight excluding hydrogens is 278 g/mol. The van der Waals surface area contributed by atoms with Gasteiger partial charge in [-0.3, -0.25) is 4.79 Å². The number of ether oxygens (including phenoxy) is 1. The zero-order valence-electron chi connectivity index (χ0n) is 12.8. The summed E-state index contributed by atoms with van der Waals surface area (Å²) in [6.07, 6.45) is 5.00. The largest absolute Gasteiger partial charge is 0.457 e. The standard InChI is InChI=1S/C18H19NO3/c1-3-8-15-14(4-2)17(16(11-20)19-15)18(21)22-12-13-9-6-5-7-10-13/h3,5-11,19H,4,12H2,1-2H3/b8-3+. The molecule has 1 N–H and O–H groups in total. The summed E-state index contributed by atoms with van der Waals surface area (Å²) in [4.78, 5) is 26.6. The molecule has 2 rings (SSSR count). The molecule has 0 fully saturated rings. The number of carbonyl (C=O) groups is 2. The van der Waals surface area contributed by atoms with E-state index >= 15 is 0 Å². The summed E-state index contributed by atoms with van der Waals surface area (Å²) in [5.74, 6) is -0.477. The lowest BCUT2D eigenvalue weighted by Gasteiger charge is -2.06. The van der Waals surface area contributed by atoms with Crippen molar-refractivity contribution in [1.29, 1.82) is 0 Å². The maximum atomic E-state index is 12.4. The number of hydrogen-bond acceptors (Lipinski definition) is 3. The lowest BCUT2D eigenvalue weighted by Crippen LogP contribution is -2.09. The summed E-state index contributed by atoms with van der Waals surface area (Å²) in [6.45, 7) is 4.01. The second kappa shape index (κ2) is 7.41. The Hall–Kier alpha value is -2.62. The molecule has 22 heavy (non-hydrogen) atoms. The normalized spacial score (nSPS) is 10.8. The average Bonchev–Trinajstić information content (AvgIpc) is 2.91. The van der Waals surface area contributed by atoms with Crippen LogP contribution in [-0.2, 0) is 17.8 Å². The summed E-state index contributed by atoms with van der Waals surface area (Å²) in [6, 6.07) is 9.45. The van der Waals surface area contributed by atoms with Gasteiger partial charge in [-0.2, -0.15) is 0 Å². The fraction of sp³-hybridized carbons (Fsp3) is 0.222. The minimum absolute atomic E-state index is 0.186. The molecule has 0 bridgehead atoms. The van der Waals surface area contributed by atoms with Crippen molar-refractivity contribution in [2.24, 2.45) is 0 Å². The molecule has 0 unspecified atom stereocenters. The number of aldehydes is 1. The predicted octanol–water partition coefficient (Wildman–Crippen LogP) is 3.78. The first-order chi connectivity index (χ1) is 10.7. The van der Waals surface area contributed by atoms with E-state index in [1.807, 2.05) is 56.3 Å². The molecule has 0 aliphatic rings. The van der Waals surface area contributed by atoms with Gasteiger partial charge in [0.15, 0.2) is 6.29 Å². The summed E-state index contributed by atoms with van der Waals surface area (Å²) < 4.78 is 5.35. The van der Waals surface area contributed by atoms with Gasteiger partial charge in [-0.25, -0.2) is 4.79 Å². The number of esters is 1. The summed E-state index contributed by atoms with van der Waals surface area (Å²) in [7, 11) is 0. The van der Waals surface area contributed by atoms with Crippen LogP contribution in [0.5, 0.6) is 0 Å². The number of H-pyrrole nitrogens is 1. The zero-order chi connectivity index (χ0) is 15.9. The van der Waals surface area contributed by atoms with Crippen molar-refractivity contribution in [2.75, 3.05) is 0 Å². The molecule has 0 saturated carbocycles. The molecule has 0 aliphatic heterocycles. The van der Waals surface area contributed by atoms with Crippen LogP contribution in [0.15, 0.2) is 36.4 Å². The number of aromatic nitrogens is 1. The minimum atomic E-state index is -0.477. The smallest absolute Gasteiger partial charge is 0.341 e. The number of carbonyl (C=O) groups excluding carboxylic acids is 2. The first kappa shape index (κ1) is 15.8. The van der Waals surface area contributed by atoms with E-state index in [4.69, 9.17) is 4.74 Å². The monoisotopic (exact) mass is 297 g/mol. The summed E-state index contributed by atoms with van der Waals surface area (Å²) in [5, 5.41) is 0. The lowest BCUT2D eigenvalue weighted by atomic mass is 10.1. The molecule has 0 amide bonds. The Bertz CT molecular complexity index is 684. The van der Waals surface area contributed by atoms with Gasteiger partial charge in [-0.1, -0.05) is 43.3 Å². The Balaban J connectivity index is 2.26. The summed E-state index contributed by atoms with van der Waals surface area (Å²) in [5.41, 5.74) is 3.09. The lowest BCUT2D eigenvalue weighted by molar-refractivity contribution is 0.0470. The van der Waals surface area contributed by atoms with Crippen molar-refractivity contribution >= 4 is 18.3 Å². The first-order valence-electron chi connectivity index (χ1n) is 7.25. The van der Waals surface area contributed by atoms with E-state index in [9.17, 15) is 9.59 Å². The molecule has 114 valence electrons. The van der Waals surface area contributed by atoms with Crippen molar-refractivity contribution in [2.45, 2.75) is 26.9 Å². The maximum absolute atomic E-state index is 12.4. The molecule has 2 aromatic rings. The Kier molecular flexibility index (Phi) is 5.31. The summed E-state index contributed by atoms with van der Waals surface area (Å²) >= 11 is 0. The van der Waals surface area contributed by atoms with E-state index in [2.05, 4.69) is 4.98 Å². The molecule has 1 aromatic heterocycles. The van der Waals surface area contributed by atoms with E-state index in [1.54, 1.807) is 0 Å². The molecule has 0 atom stereocenters. The zero-order valence-corrected chi connectivity index (χ0v) is 12.8. The second-order valence-electron chi connectivity index (χ2n) is 4.84. The number of rotatable bonds is 6. The third-order valence-corrected chi connectivity index (χ3v) is 3.39. The van der Waals surface area contributed by atoms with E-state index in [-0.39, 0.29) is 12.3 Å². The third kappa shape index (κ3) is 3.34. The fourth-order valence-corrected chi connectivity index (χ4v) is 2.37. The van der Waals surface area contributed by atoms with Gasteiger partial charge in [-0.15, -0.1) is 0 Å². The maximum Gasteiger partial charge on any atom is 0.341 e. The van der Waals surface area contributed by atoms with Crippen molar-refractivity contribution < 1.29 is 14.3 Å². The third-order valence-electron chi connectivity index (χ3n) is 3.39. The molecule has 0 spiro atoms. The molecule has 4 heteroatoms. The topological polar surface area (TPSA) is 59.2 Å². The van der Waals surface area contributed by atoms with Gasteiger partial charge in [0, 0.05) is 5.69 Å². The van der Waals surface area contributed by atoms with Gasteiger partial charge in [0.05, 0.1) is 11.3 Å². The number of nitrogens with one attached hydrogen (secondary N) is 1. The average molecular weight is 297 g/mol. The molecular formula is C18H19NO3. The van der Waals surface area contributed by atoms with Gasteiger partial charge in [0.2, 0.25) is 0 Å².